The Hall–Kier alpha value is -1.99. The van der Waals surface area contributed by atoms with Crippen molar-refractivity contribution >= 4 is 17.5 Å². The third-order valence-electron chi connectivity index (χ3n) is 5.82. The molecule has 6 nitrogen and oxygen atoms in total. The van der Waals surface area contributed by atoms with Crippen molar-refractivity contribution in [2.75, 3.05) is 50.8 Å². The number of anilines is 1. The summed E-state index contributed by atoms with van der Waals surface area (Å²) >= 11 is 0. The Morgan fingerprint density at radius 1 is 1.15 bits per heavy atom. The molecule has 0 N–H and O–H groups in total. The second-order valence-electron chi connectivity index (χ2n) is 7.83. The fourth-order valence-corrected chi connectivity index (χ4v) is 4.38. The summed E-state index contributed by atoms with van der Waals surface area (Å²) in [4.78, 5) is 30.8. The average Bonchev–Trinajstić information content (AvgIpc) is 3.17. The van der Waals surface area contributed by atoms with E-state index in [1.807, 2.05) is 4.90 Å². The number of nitrogens with zero attached hydrogens (tertiary/aromatic N) is 3. The van der Waals surface area contributed by atoms with Gasteiger partial charge < -0.3 is 14.5 Å². The van der Waals surface area contributed by atoms with E-state index in [0.29, 0.717) is 25.3 Å². The molecule has 0 bridgehead atoms. The first-order valence-electron chi connectivity index (χ1n) is 9.75. The van der Waals surface area contributed by atoms with Gasteiger partial charge in [0.1, 0.15) is 18.0 Å². The van der Waals surface area contributed by atoms with E-state index in [1.165, 1.54) is 12.1 Å². The highest BCUT2D eigenvalue weighted by Crippen LogP contribution is 2.32. The van der Waals surface area contributed by atoms with E-state index in [2.05, 4.69) is 4.90 Å². The molecule has 3 fully saturated rings. The van der Waals surface area contributed by atoms with Gasteiger partial charge in [-0.05, 0) is 57.0 Å². The Kier molecular flexibility index (Phi) is 5.14. The molecule has 0 aliphatic carbocycles. The Labute approximate surface area is 158 Å². The number of benzene rings is 1. The molecule has 3 saturated heterocycles. The van der Waals surface area contributed by atoms with Gasteiger partial charge in [-0.15, -0.1) is 0 Å². The van der Waals surface area contributed by atoms with Crippen LogP contribution < -0.4 is 4.90 Å². The Balaban J connectivity index is 1.46. The molecule has 1 aromatic carbocycles. The van der Waals surface area contributed by atoms with Crippen LogP contribution in [0.5, 0.6) is 0 Å². The van der Waals surface area contributed by atoms with Crippen LogP contribution in [0.1, 0.15) is 25.7 Å². The quantitative estimate of drug-likeness (QED) is 0.806. The fourth-order valence-electron chi connectivity index (χ4n) is 4.38. The number of rotatable bonds is 3. The van der Waals surface area contributed by atoms with Crippen LogP contribution in [0.25, 0.3) is 0 Å². The fraction of sp³-hybridized carbons (Fsp3) is 0.600. The van der Waals surface area contributed by atoms with Crippen molar-refractivity contribution < 1.29 is 18.7 Å². The lowest BCUT2D eigenvalue weighted by molar-refractivity contribution is -0.153. The lowest BCUT2D eigenvalue weighted by atomic mass is 9.90. The summed E-state index contributed by atoms with van der Waals surface area (Å²) in [7, 11) is 0. The minimum atomic E-state index is -0.570. The van der Waals surface area contributed by atoms with Crippen molar-refractivity contribution in [3.05, 3.63) is 30.1 Å². The molecule has 146 valence electrons. The number of hydrogen-bond donors (Lipinski definition) is 0. The molecule has 0 saturated carbocycles. The average molecular weight is 375 g/mol. The predicted molar refractivity (Wildman–Crippen MR) is 98.9 cm³/mol. The van der Waals surface area contributed by atoms with Crippen LogP contribution in [-0.4, -0.2) is 73.1 Å². The summed E-state index contributed by atoms with van der Waals surface area (Å²) in [6.07, 6.45) is 3.95. The highest BCUT2D eigenvalue weighted by Gasteiger charge is 2.44. The zero-order valence-electron chi connectivity index (χ0n) is 15.5. The molecule has 0 aromatic heterocycles. The van der Waals surface area contributed by atoms with Gasteiger partial charge in [-0.25, -0.2) is 4.39 Å². The van der Waals surface area contributed by atoms with Crippen LogP contribution in [0.4, 0.5) is 10.1 Å². The lowest BCUT2D eigenvalue weighted by Gasteiger charge is -2.47. The number of carbonyl (C=O) groups excluding carboxylic acids is 2. The molecule has 2 amide bonds. The van der Waals surface area contributed by atoms with E-state index in [4.69, 9.17) is 4.74 Å². The van der Waals surface area contributed by atoms with Crippen LogP contribution in [0.2, 0.25) is 0 Å². The standard InChI is InChI=1S/C20H26FN3O3/c21-16-5-3-6-17(11-16)24-15-20(27-13-19(24)26)7-4-10-23(14-20)18(25)12-22-8-1-2-9-22/h3,5-6,11H,1-2,4,7-10,12-15H2. The first-order valence-corrected chi connectivity index (χ1v) is 9.75. The van der Waals surface area contributed by atoms with Crippen LogP contribution >= 0.6 is 0 Å². The van der Waals surface area contributed by atoms with Gasteiger partial charge in [0, 0.05) is 12.2 Å². The lowest BCUT2D eigenvalue weighted by Crippen LogP contribution is -2.62. The normalized spacial score (nSPS) is 26.8. The van der Waals surface area contributed by atoms with E-state index in [1.54, 1.807) is 17.0 Å². The zero-order chi connectivity index (χ0) is 18.9. The second-order valence-corrected chi connectivity index (χ2v) is 7.83. The van der Waals surface area contributed by atoms with E-state index in [0.717, 1.165) is 45.3 Å². The van der Waals surface area contributed by atoms with Gasteiger partial charge in [0.05, 0.1) is 19.6 Å². The Bertz CT molecular complexity index is 722. The monoisotopic (exact) mass is 375 g/mol. The molecule has 3 aliphatic rings. The van der Waals surface area contributed by atoms with Crippen molar-refractivity contribution in [3.63, 3.8) is 0 Å². The van der Waals surface area contributed by atoms with Gasteiger partial charge in [-0.1, -0.05) is 6.07 Å². The van der Waals surface area contributed by atoms with E-state index in [-0.39, 0.29) is 24.2 Å². The maximum absolute atomic E-state index is 13.6. The van der Waals surface area contributed by atoms with Crippen LogP contribution in [0, 0.1) is 5.82 Å². The molecule has 3 heterocycles. The maximum Gasteiger partial charge on any atom is 0.253 e. The van der Waals surface area contributed by atoms with Crippen molar-refractivity contribution in [1.82, 2.24) is 9.80 Å². The maximum atomic E-state index is 13.6. The SMILES string of the molecule is O=C(CN1CCCC1)N1CCCC2(C1)CN(c1cccc(F)c1)C(=O)CO2. The highest BCUT2D eigenvalue weighted by atomic mass is 19.1. The summed E-state index contributed by atoms with van der Waals surface area (Å²) in [5.41, 5.74) is -0.0257. The third kappa shape index (κ3) is 3.99. The number of likely N-dealkylation sites (tertiary alicyclic amines) is 2. The van der Waals surface area contributed by atoms with Gasteiger partial charge >= 0.3 is 0 Å². The number of ether oxygens (including phenoxy) is 1. The summed E-state index contributed by atoms with van der Waals surface area (Å²) < 4.78 is 19.6. The van der Waals surface area contributed by atoms with E-state index in [9.17, 15) is 14.0 Å². The smallest absolute Gasteiger partial charge is 0.253 e. The topological polar surface area (TPSA) is 53.1 Å². The molecule has 3 aliphatic heterocycles. The molecular weight excluding hydrogens is 349 g/mol. The Morgan fingerprint density at radius 2 is 1.96 bits per heavy atom. The number of piperidine rings is 1. The van der Waals surface area contributed by atoms with Gasteiger partial charge in [0.25, 0.3) is 5.91 Å². The molecule has 1 unspecified atom stereocenters. The molecule has 1 atom stereocenters. The largest absolute Gasteiger partial charge is 0.361 e. The first-order chi connectivity index (χ1) is 13.0. The third-order valence-corrected chi connectivity index (χ3v) is 5.82. The number of halogens is 1. The van der Waals surface area contributed by atoms with Gasteiger partial charge in [-0.2, -0.15) is 0 Å². The minimum Gasteiger partial charge on any atom is -0.361 e. The van der Waals surface area contributed by atoms with Crippen molar-refractivity contribution in [3.8, 4) is 0 Å². The van der Waals surface area contributed by atoms with Crippen molar-refractivity contribution in [2.45, 2.75) is 31.3 Å². The highest BCUT2D eigenvalue weighted by molar-refractivity contribution is 5.95. The van der Waals surface area contributed by atoms with Crippen molar-refractivity contribution in [1.29, 1.82) is 0 Å². The van der Waals surface area contributed by atoms with E-state index < -0.39 is 5.60 Å². The van der Waals surface area contributed by atoms with Crippen LogP contribution in [0.3, 0.4) is 0 Å². The predicted octanol–water partition coefficient (Wildman–Crippen LogP) is 1.65. The molecule has 27 heavy (non-hydrogen) atoms. The number of amides is 2. The van der Waals surface area contributed by atoms with Crippen LogP contribution in [-0.2, 0) is 14.3 Å². The van der Waals surface area contributed by atoms with Crippen LogP contribution in [0.15, 0.2) is 24.3 Å². The van der Waals surface area contributed by atoms with Gasteiger partial charge in [0.15, 0.2) is 0 Å². The molecule has 4 rings (SSSR count). The zero-order valence-corrected chi connectivity index (χ0v) is 15.5. The number of morpholine rings is 1. The van der Waals surface area contributed by atoms with Gasteiger partial charge in [0.2, 0.25) is 5.91 Å². The van der Waals surface area contributed by atoms with Gasteiger partial charge in [-0.3, -0.25) is 14.5 Å². The summed E-state index contributed by atoms with van der Waals surface area (Å²) in [5.74, 6) is -0.410. The molecule has 1 spiro atoms. The first kappa shape index (κ1) is 18.4. The summed E-state index contributed by atoms with van der Waals surface area (Å²) in [6.45, 7) is 3.96. The molecular formula is C20H26FN3O3. The van der Waals surface area contributed by atoms with Crippen molar-refractivity contribution in [2.24, 2.45) is 0 Å². The molecule has 0 radical (unpaired) electrons. The number of hydrogen-bond acceptors (Lipinski definition) is 4. The molecule has 7 heteroatoms. The second kappa shape index (κ2) is 7.56. The minimum absolute atomic E-state index is 0.0370. The Morgan fingerprint density at radius 3 is 2.74 bits per heavy atom. The summed E-state index contributed by atoms with van der Waals surface area (Å²) in [5, 5.41) is 0. The number of carbonyl (C=O) groups is 2. The molecule has 1 aromatic rings. The summed E-state index contributed by atoms with van der Waals surface area (Å²) in [6, 6.07) is 6.07. The van der Waals surface area contributed by atoms with E-state index >= 15 is 0 Å².